The van der Waals surface area contributed by atoms with Crippen molar-refractivity contribution in [1.82, 2.24) is 4.90 Å². The molecule has 1 aliphatic rings. The Hall–Kier alpha value is -0.550. The van der Waals surface area contributed by atoms with Gasteiger partial charge in [0.25, 0.3) is 0 Å². The predicted molar refractivity (Wildman–Crippen MR) is 72.7 cm³/mol. The molecule has 0 aromatic rings. The number of likely N-dealkylation sites (tertiary alicyclic amines) is 1. The molecule has 1 saturated heterocycles. The van der Waals surface area contributed by atoms with Crippen LogP contribution in [0, 0.1) is 22.2 Å². The second kappa shape index (κ2) is 5.87. The summed E-state index contributed by atoms with van der Waals surface area (Å²) in [5.74, 6) is 0. The minimum absolute atomic E-state index is 0.148. The van der Waals surface area contributed by atoms with Crippen LogP contribution in [-0.2, 0) is 0 Å². The fraction of sp³-hybridized carbons (Fsp3) is 0.933. The highest BCUT2D eigenvalue weighted by molar-refractivity contribution is 4.91. The van der Waals surface area contributed by atoms with Gasteiger partial charge in [0, 0.05) is 0 Å². The van der Waals surface area contributed by atoms with Gasteiger partial charge in [-0.25, -0.2) is 0 Å². The second-order valence-electron chi connectivity index (χ2n) is 6.96. The van der Waals surface area contributed by atoms with E-state index >= 15 is 0 Å². The summed E-state index contributed by atoms with van der Waals surface area (Å²) >= 11 is 0. The van der Waals surface area contributed by atoms with Gasteiger partial charge in [0.2, 0.25) is 0 Å². The van der Waals surface area contributed by atoms with Gasteiger partial charge in [0.15, 0.2) is 0 Å². The van der Waals surface area contributed by atoms with Crippen LogP contribution in [-0.4, -0.2) is 24.5 Å². The van der Waals surface area contributed by atoms with Crippen molar-refractivity contribution < 1.29 is 0 Å². The highest BCUT2D eigenvalue weighted by Crippen LogP contribution is 2.30. The van der Waals surface area contributed by atoms with E-state index in [9.17, 15) is 0 Å². The van der Waals surface area contributed by atoms with E-state index in [0.29, 0.717) is 5.41 Å². The minimum atomic E-state index is -0.148. The van der Waals surface area contributed by atoms with E-state index in [2.05, 4.69) is 24.8 Å². The third-order valence-corrected chi connectivity index (χ3v) is 4.01. The third kappa shape index (κ3) is 5.55. The molecular weight excluding hydrogens is 208 g/mol. The molecular formula is C15H28N2. The fourth-order valence-electron chi connectivity index (χ4n) is 2.50. The van der Waals surface area contributed by atoms with Crippen molar-refractivity contribution in [2.24, 2.45) is 10.8 Å². The summed E-state index contributed by atoms with van der Waals surface area (Å²) in [6, 6.07) is 2.39. The molecule has 1 rings (SSSR count). The van der Waals surface area contributed by atoms with E-state index in [1.54, 1.807) is 0 Å². The normalized spacial score (nSPS) is 21.8. The van der Waals surface area contributed by atoms with E-state index in [1.807, 2.05) is 13.8 Å². The van der Waals surface area contributed by atoms with Gasteiger partial charge in [-0.1, -0.05) is 13.8 Å². The second-order valence-corrected chi connectivity index (χ2v) is 6.96. The maximum absolute atomic E-state index is 8.98. The molecule has 0 saturated carbocycles. The summed E-state index contributed by atoms with van der Waals surface area (Å²) in [5, 5.41) is 8.98. The Bertz CT molecular complexity index is 273. The first-order valence-corrected chi connectivity index (χ1v) is 6.98. The Balaban J connectivity index is 2.27. The van der Waals surface area contributed by atoms with Crippen molar-refractivity contribution in [1.29, 1.82) is 5.26 Å². The molecule has 0 spiro atoms. The lowest BCUT2D eigenvalue weighted by atomic mass is 9.85. The topological polar surface area (TPSA) is 27.0 Å². The van der Waals surface area contributed by atoms with Gasteiger partial charge in [0.1, 0.15) is 0 Å². The first kappa shape index (κ1) is 14.5. The molecule has 0 unspecified atom stereocenters. The molecule has 0 amide bonds. The van der Waals surface area contributed by atoms with Gasteiger partial charge >= 0.3 is 0 Å². The lowest BCUT2D eigenvalue weighted by Gasteiger charge is -2.24. The van der Waals surface area contributed by atoms with E-state index in [1.165, 1.54) is 38.9 Å². The maximum Gasteiger partial charge on any atom is 0.0683 e. The Labute approximate surface area is 107 Å². The number of nitriles is 1. The Morgan fingerprint density at radius 3 is 2.59 bits per heavy atom. The van der Waals surface area contributed by atoms with Crippen LogP contribution < -0.4 is 0 Å². The van der Waals surface area contributed by atoms with E-state index < -0.39 is 0 Å². The van der Waals surface area contributed by atoms with Crippen molar-refractivity contribution in [3.8, 4) is 6.07 Å². The van der Waals surface area contributed by atoms with Crippen molar-refractivity contribution >= 4 is 0 Å². The Morgan fingerprint density at radius 2 is 1.94 bits per heavy atom. The predicted octanol–water partition coefficient (Wildman–Crippen LogP) is 3.83. The number of rotatable bonds is 4. The molecule has 0 aromatic heterocycles. The third-order valence-electron chi connectivity index (χ3n) is 4.01. The molecule has 0 bridgehead atoms. The summed E-state index contributed by atoms with van der Waals surface area (Å²) in [6.45, 7) is 12.5. The molecule has 1 aliphatic heterocycles. The summed E-state index contributed by atoms with van der Waals surface area (Å²) in [7, 11) is 0. The largest absolute Gasteiger partial charge is 0.303 e. The number of hydrogen-bond acceptors (Lipinski definition) is 2. The minimum Gasteiger partial charge on any atom is -0.303 e. The van der Waals surface area contributed by atoms with Crippen LogP contribution >= 0.6 is 0 Å². The zero-order valence-corrected chi connectivity index (χ0v) is 12.1. The lowest BCUT2D eigenvalue weighted by molar-refractivity contribution is 0.249. The molecule has 2 nitrogen and oxygen atoms in total. The van der Waals surface area contributed by atoms with Crippen LogP contribution in [0.5, 0.6) is 0 Å². The zero-order chi connectivity index (χ0) is 12.9. The van der Waals surface area contributed by atoms with Gasteiger partial charge in [-0.3, -0.25) is 0 Å². The average Bonchev–Trinajstić information content (AvgIpc) is 2.40. The first-order chi connectivity index (χ1) is 7.85. The van der Waals surface area contributed by atoms with Crippen molar-refractivity contribution in [2.75, 3.05) is 19.6 Å². The molecule has 0 radical (unpaired) electrons. The van der Waals surface area contributed by atoms with Crippen LogP contribution in [0.25, 0.3) is 0 Å². The molecule has 0 N–H and O–H groups in total. The summed E-state index contributed by atoms with van der Waals surface area (Å²) in [5.41, 5.74) is 0.381. The highest BCUT2D eigenvalue weighted by Gasteiger charge is 2.23. The van der Waals surface area contributed by atoms with Gasteiger partial charge in [-0.2, -0.15) is 5.26 Å². The van der Waals surface area contributed by atoms with Gasteiger partial charge in [0.05, 0.1) is 11.5 Å². The van der Waals surface area contributed by atoms with Crippen LogP contribution in [0.1, 0.15) is 59.8 Å². The van der Waals surface area contributed by atoms with E-state index in [0.717, 1.165) is 12.8 Å². The summed E-state index contributed by atoms with van der Waals surface area (Å²) in [4.78, 5) is 2.59. The Kier molecular flexibility index (Phi) is 5.01. The zero-order valence-electron chi connectivity index (χ0n) is 12.1. The standard InChI is InChI=1S/C15H28N2/c1-14(2)7-5-10-17(12-9-14)11-6-8-15(3,4)13-16/h5-12H2,1-4H3. The quantitative estimate of drug-likeness (QED) is 0.742. The lowest BCUT2D eigenvalue weighted by Crippen LogP contribution is -2.27. The maximum atomic E-state index is 8.98. The summed E-state index contributed by atoms with van der Waals surface area (Å²) in [6.07, 6.45) is 6.17. The van der Waals surface area contributed by atoms with Gasteiger partial charge < -0.3 is 4.90 Å². The highest BCUT2D eigenvalue weighted by atomic mass is 15.1. The van der Waals surface area contributed by atoms with E-state index in [4.69, 9.17) is 5.26 Å². The van der Waals surface area contributed by atoms with Gasteiger partial charge in [-0.05, 0) is 71.0 Å². The average molecular weight is 236 g/mol. The fourth-order valence-corrected chi connectivity index (χ4v) is 2.50. The molecule has 0 aromatic carbocycles. The van der Waals surface area contributed by atoms with Crippen molar-refractivity contribution in [3.63, 3.8) is 0 Å². The van der Waals surface area contributed by atoms with Crippen LogP contribution in [0.15, 0.2) is 0 Å². The van der Waals surface area contributed by atoms with Crippen LogP contribution in [0.2, 0.25) is 0 Å². The Morgan fingerprint density at radius 1 is 1.24 bits per heavy atom. The van der Waals surface area contributed by atoms with Crippen molar-refractivity contribution in [3.05, 3.63) is 0 Å². The van der Waals surface area contributed by atoms with Crippen molar-refractivity contribution in [2.45, 2.75) is 59.8 Å². The molecule has 1 heterocycles. The first-order valence-electron chi connectivity index (χ1n) is 6.98. The number of hydrogen-bond donors (Lipinski definition) is 0. The SMILES string of the molecule is CC(C)(C#N)CCCN1CCCC(C)(C)CC1. The van der Waals surface area contributed by atoms with Gasteiger partial charge in [-0.15, -0.1) is 0 Å². The smallest absolute Gasteiger partial charge is 0.0683 e. The summed E-state index contributed by atoms with van der Waals surface area (Å²) < 4.78 is 0. The van der Waals surface area contributed by atoms with Crippen LogP contribution in [0.4, 0.5) is 0 Å². The molecule has 98 valence electrons. The molecule has 0 aliphatic carbocycles. The van der Waals surface area contributed by atoms with Crippen LogP contribution in [0.3, 0.4) is 0 Å². The van der Waals surface area contributed by atoms with E-state index in [-0.39, 0.29) is 5.41 Å². The molecule has 17 heavy (non-hydrogen) atoms. The molecule has 0 atom stereocenters. The molecule has 1 fully saturated rings. The molecule has 2 heteroatoms. The monoisotopic (exact) mass is 236 g/mol. The number of nitrogens with zero attached hydrogens (tertiary/aromatic N) is 2.